The largest absolute Gasteiger partial charge is 0.494 e. The molecule has 0 heterocycles. The van der Waals surface area contributed by atoms with E-state index in [0.29, 0.717) is 17.3 Å². The van der Waals surface area contributed by atoms with E-state index in [4.69, 9.17) is 16.3 Å². The molecular weight excluding hydrogens is 400 g/mol. The number of nitrogens with zero attached hydrogens (tertiary/aromatic N) is 1. The average molecular weight is 425 g/mol. The van der Waals surface area contributed by atoms with Crippen molar-refractivity contribution in [2.45, 2.75) is 32.9 Å². The van der Waals surface area contributed by atoms with Crippen LogP contribution in [0.3, 0.4) is 0 Å². The van der Waals surface area contributed by atoms with Crippen molar-refractivity contribution in [3.05, 3.63) is 59.1 Å². The third-order valence-electron chi connectivity index (χ3n) is 4.22. The molecule has 0 saturated heterocycles. The summed E-state index contributed by atoms with van der Waals surface area (Å²) >= 11 is 5.88. The molecule has 0 spiro atoms. The summed E-state index contributed by atoms with van der Waals surface area (Å²) in [4.78, 5) is 12.8. The molecule has 2 rings (SSSR count). The smallest absolute Gasteiger partial charge is 0.244 e. The molecule has 2 aromatic rings. The number of ether oxygens (including phenoxy) is 1. The molecule has 0 bridgehead atoms. The van der Waals surface area contributed by atoms with Crippen molar-refractivity contribution in [2.24, 2.45) is 0 Å². The fourth-order valence-corrected chi connectivity index (χ4v) is 4.13. The predicted molar refractivity (Wildman–Crippen MR) is 112 cm³/mol. The van der Waals surface area contributed by atoms with Gasteiger partial charge in [-0.25, -0.2) is 8.42 Å². The molecule has 0 radical (unpaired) electrons. The van der Waals surface area contributed by atoms with Gasteiger partial charge in [-0.05, 0) is 62.7 Å². The maximum atomic E-state index is 12.8. The monoisotopic (exact) mass is 424 g/mol. The number of hydrogen-bond acceptors (Lipinski definition) is 4. The van der Waals surface area contributed by atoms with Crippen LogP contribution >= 0.6 is 11.6 Å². The summed E-state index contributed by atoms with van der Waals surface area (Å²) in [5.74, 6) is 0.353. The Kier molecular flexibility index (Phi) is 7.32. The van der Waals surface area contributed by atoms with E-state index in [1.165, 1.54) is 0 Å². The van der Waals surface area contributed by atoms with Crippen molar-refractivity contribution >= 4 is 33.2 Å². The first-order valence-corrected chi connectivity index (χ1v) is 11.1. The van der Waals surface area contributed by atoms with Crippen LogP contribution in [0.25, 0.3) is 0 Å². The van der Waals surface area contributed by atoms with Gasteiger partial charge in [-0.2, -0.15) is 0 Å². The zero-order chi connectivity index (χ0) is 20.9. The number of carbonyl (C=O) groups is 1. The average Bonchev–Trinajstić information content (AvgIpc) is 2.63. The molecule has 1 N–H and O–H groups in total. The van der Waals surface area contributed by atoms with Crippen LogP contribution in [0.5, 0.6) is 5.75 Å². The molecule has 0 saturated carbocycles. The number of benzene rings is 2. The van der Waals surface area contributed by atoms with Crippen molar-refractivity contribution in [1.82, 2.24) is 5.32 Å². The standard InChI is InChI=1S/C20H25ClN2O4S/c1-5-27-19-12-6-16(7-13-19)14(2)22-20(24)15(3)23(28(4,25)26)18-10-8-17(21)9-11-18/h6-15H,5H2,1-4H3,(H,22,24)/t14-,15+/m1/s1. The first kappa shape index (κ1) is 22.0. The molecule has 2 atom stereocenters. The van der Waals surface area contributed by atoms with Gasteiger partial charge in [-0.3, -0.25) is 9.10 Å². The Morgan fingerprint density at radius 3 is 2.18 bits per heavy atom. The van der Waals surface area contributed by atoms with Crippen LogP contribution in [0.1, 0.15) is 32.4 Å². The lowest BCUT2D eigenvalue weighted by Gasteiger charge is -2.29. The van der Waals surface area contributed by atoms with Gasteiger partial charge >= 0.3 is 0 Å². The highest BCUT2D eigenvalue weighted by atomic mass is 35.5. The van der Waals surface area contributed by atoms with Gasteiger partial charge in [-0.1, -0.05) is 23.7 Å². The fraction of sp³-hybridized carbons (Fsp3) is 0.350. The Bertz CT molecular complexity index is 899. The molecule has 0 fully saturated rings. The minimum Gasteiger partial charge on any atom is -0.494 e. The van der Waals surface area contributed by atoms with Crippen molar-refractivity contribution in [3.8, 4) is 5.75 Å². The molecule has 0 aromatic heterocycles. The maximum absolute atomic E-state index is 12.8. The minimum absolute atomic E-state index is 0.294. The quantitative estimate of drug-likeness (QED) is 0.699. The number of amides is 1. The van der Waals surface area contributed by atoms with Crippen LogP contribution in [0.2, 0.25) is 5.02 Å². The number of carbonyl (C=O) groups excluding carboxylic acids is 1. The Labute approximate surface area is 171 Å². The van der Waals surface area contributed by atoms with E-state index in [1.807, 2.05) is 38.1 Å². The Morgan fingerprint density at radius 2 is 1.68 bits per heavy atom. The molecule has 8 heteroatoms. The predicted octanol–water partition coefficient (Wildman–Crippen LogP) is 3.77. The van der Waals surface area contributed by atoms with Gasteiger partial charge in [0.2, 0.25) is 15.9 Å². The number of sulfonamides is 1. The fourth-order valence-electron chi connectivity index (χ4n) is 2.83. The summed E-state index contributed by atoms with van der Waals surface area (Å²) < 4.78 is 31.1. The second kappa shape index (κ2) is 9.30. The van der Waals surface area contributed by atoms with Crippen LogP contribution in [0.15, 0.2) is 48.5 Å². The maximum Gasteiger partial charge on any atom is 0.244 e. The van der Waals surface area contributed by atoms with E-state index in [0.717, 1.165) is 21.9 Å². The van der Waals surface area contributed by atoms with E-state index in [-0.39, 0.29) is 6.04 Å². The Morgan fingerprint density at radius 1 is 1.11 bits per heavy atom. The molecule has 0 aliphatic rings. The van der Waals surface area contributed by atoms with Gasteiger partial charge in [0.25, 0.3) is 0 Å². The summed E-state index contributed by atoms with van der Waals surface area (Å²) in [7, 11) is -3.67. The molecule has 0 aliphatic carbocycles. The van der Waals surface area contributed by atoms with Crippen LogP contribution in [0, 0.1) is 0 Å². The van der Waals surface area contributed by atoms with Crippen molar-refractivity contribution in [1.29, 1.82) is 0 Å². The number of halogens is 1. The van der Waals surface area contributed by atoms with Crippen LogP contribution in [-0.4, -0.2) is 33.2 Å². The third-order valence-corrected chi connectivity index (χ3v) is 5.71. The Hall–Kier alpha value is -2.25. The number of rotatable bonds is 8. The molecule has 0 unspecified atom stereocenters. The second-order valence-corrected chi connectivity index (χ2v) is 8.74. The van der Waals surface area contributed by atoms with Crippen LogP contribution in [0.4, 0.5) is 5.69 Å². The normalized spacial score (nSPS) is 13.5. The highest BCUT2D eigenvalue weighted by molar-refractivity contribution is 7.92. The summed E-state index contributed by atoms with van der Waals surface area (Å²) in [6.07, 6.45) is 1.07. The first-order valence-electron chi connectivity index (χ1n) is 8.91. The van der Waals surface area contributed by atoms with Gasteiger partial charge in [0.1, 0.15) is 11.8 Å². The number of anilines is 1. The van der Waals surface area contributed by atoms with Gasteiger partial charge in [0.05, 0.1) is 24.6 Å². The van der Waals surface area contributed by atoms with E-state index >= 15 is 0 Å². The van der Waals surface area contributed by atoms with E-state index < -0.39 is 22.0 Å². The van der Waals surface area contributed by atoms with Gasteiger partial charge < -0.3 is 10.1 Å². The van der Waals surface area contributed by atoms with Gasteiger partial charge in [0.15, 0.2) is 0 Å². The Balaban J connectivity index is 2.17. The molecular formula is C20H25ClN2O4S. The molecule has 28 heavy (non-hydrogen) atoms. The topological polar surface area (TPSA) is 75.7 Å². The van der Waals surface area contributed by atoms with Crippen molar-refractivity contribution in [2.75, 3.05) is 17.2 Å². The lowest BCUT2D eigenvalue weighted by molar-refractivity contribution is -0.122. The SMILES string of the molecule is CCOc1ccc([C@@H](C)NC(=O)[C@H](C)N(c2ccc(Cl)cc2)S(C)(=O)=O)cc1. The van der Waals surface area contributed by atoms with E-state index in [2.05, 4.69) is 5.32 Å². The lowest BCUT2D eigenvalue weighted by Crippen LogP contribution is -2.48. The summed E-state index contributed by atoms with van der Waals surface area (Å²) in [6, 6.07) is 12.5. The first-order chi connectivity index (χ1) is 13.1. The molecule has 6 nitrogen and oxygen atoms in total. The minimum atomic E-state index is -3.67. The van der Waals surface area contributed by atoms with Crippen LogP contribution in [-0.2, 0) is 14.8 Å². The third kappa shape index (κ3) is 5.62. The van der Waals surface area contributed by atoms with Gasteiger partial charge in [0, 0.05) is 5.02 Å². The number of nitrogens with one attached hydrogen (secondary N) is 1. The molecule has 1 amide bonds. The number of hydrogen-bond donors (Lipinski definition) is 1. The molecule has 0 aliphatic heterocycles. The second-order valence-electron chi connectivity index (χ2n) is 6.44. The highest BCUT2D eigenvalue weighted by Crippen LogP contribution is 2.24. The van der Waals surface area contributed by atoms with Gasteiger partial charge in [-0.15, -0.1) is 0 Å². The summed E-state index contributed by atoms with van der Waals surface area (Å²) in [5, 5.41) is 3.35. The van der Waals surface area contributed by atoms with Crippen LogP contribution < -0.4 is 14.4 Å². The van der Waals surface area contributed by atoms with E-state index in [9.17, 15) is 13.2 Å². The zero-order valence-corrected chi connectivity index (χ0v) is 17.9. The molecule has 2 aromatic carbocycles. The molecule has 152 valence electrons. The van der Waals surface area contributed by atoms with Crippen molar-refractivity contribution in [3.63, 3.8) is 0 Å². The summed E-state index contributed by atoms with van der Waals surface area (Å²) in [5.41, 5.74) is 1.27. The van der Waals surface area contributed by atoms with E-state index in [1.54, 1.807) is 31.2 Å². The highest BCUT2D eigenvalue weighted by Gasteiger charge is 2.29. The summed E-state index contributed by atoms with van der Waals surface area (Å²) in [6.45, 7) is 5.88. The lowest BCUT2D eigenvalue weighted by atomic mass is 10.1. The van der Waals surface area contributed by atoms with Crippen molar-refractivity contribution < 1.29 is 17.9 Å². The zero-order valence-electron chi connectivity index (χ0n) is 16.3.